The van der Waals surface area contributed by atoms with Gasteiger partial charge < -0.3 is 14.8 Å². The lowest BCUT2D eigenvalue weighted by molar-refractivity contribution is 0.355. The Morgan fingerprint density at radius 3 is 2.58 bits per heavy atom. The molecule has 0 amide bonds. The van der Waals surface area contributed by atoms with E-state index in [4.69, 9.17) is 21.1 Å². The average molecular weight is 361 g/mol. The zero-order valence-corrected chi connectivity index (χ0v) is 14.9. The molecule has 2 aromatic carbocycles. The number of nitrogens with zero attached hydrogens (tertiary/aromatic N) is 1. The maximum absolute atomic E-state index is 5.89. The fourth-order valence-corrected chi connectivity index (χ4v) is 3.36. The lowest BCUT2D eigenvalue weighted by Gasteiger charge is -2.14. The maximum atomic E-state index is 5.89. The number of ether oxygens (including phenoxy) is 2. The second kappa shape index (κ2) is 7.55. The highest BCUT2D eigenvalue weighted by Crippen LogP contribution is 2.35. The molecule has 0 bridgehead atoms. The monoisotopic (exact) mass is 360 g/mol. The minimum atomic E-state index is 0.556. The number of para-hydroxylation sites is 1. The summed E-state index contributed by atoms with van der Waals surface area (Å²) in [6.07, 6.45) is 1.79. The van der Waals surface area contributed by atoms with Crippen LogP contribution in [0.25, 0.3) is 11.1 Å². The summed E-state index contributed by atoms with van der Waals surface area (Å²) in [6.45, 7) is 0.675. The standard InChI is InChI=1S/C18H17ClN2O2S/c1-22-16-8-7-12(9-17(16)23-2)14-5-3-4-6-15(14)20-10-13-11-21-18(19)24-13/h3-9,11,20H,10H2,1-2H3. The third kappa shape index (κ3) is 3.63. The van der Waals surface area contributed by atoms with Crippen molar-refractivity contribution in [2.45, 2.75) is 6.54 Å². The zero-order valence-electron chi connectivity index (χ0n) is 13.4. The molecule has 0 unspecified atom stereocenters. The number of hydrogen-bond donors (Lipinski definition) is 1. The molecule has 0 aliphatic carbocycles. The zero-order chi connectivity index (χ0) is 16.9. The molecule has 3 rings (SSSR count). The van der Waals surface area contributed by atoms with Crippen molar-refractivity contribution in [3.8, 4) is 22.6 Å². The molecule has 4 nitrogen and oxygen atoms in total. The summed E-state index contributed by atoms with van der Waals surface area (Å²) >= 11 is 7.36. The first kappa shape index (κ1) is 16.6. The Labute approximate surface area is 150 Å². The normalized spacial score (nSPS) is 10.5. The van der Waals surface area contributed by atoms with Crippen LogP contribution in [0.15, 0.2) is 48.7 Å². The molecular weight excluding hydrogens is 344 g/mol. The molecule has 124 valence electrons. The van der Waals surface area contributed by atoms with Gasteiger partial charge in [0, 0.05) is 22.3 Å². The van der Waals surface area contributed by atoms with Gasteiger partial charge in [-0.15, -0.1) is 11.3 Å². The van der Waals surface area contributed by atoms with E-state index in [0.717, 1.165) is 21.7 Å². The fourth-order valence-electron chi connectivity index (χ4n) is 2.44. The second-order valence-corrected chi connectivity index (χ2v) is 6.75. The van der Waals surface area contributed by atoms with Gasteiger partial charge in [-0.05, 0) is 23.8 Å². The quantitative estimate of drug-likeness (QED) is 0.664. The number of hydrogen-bond acceptors (Lipinski definition) is 5. The van der Waals surface area contributed by atoms with Crippen LogP contribution < -0.4 is 14.8 Å². The Bertz CT molecular complexity index is 835. The van der Waals surface area contributed by atoms with Gasteiger partial charge in [-0.3, -0.25) is 0 Å². The number of thiazole rings is 1. The van der Waals surface area contributed by atoms with Crippen LogP contribution in [-0.2, 0) is 6.54 Å². The fraction of sp³-hybridized carbons (Fsp3) is 0.167. The first-order valence-corrected chi connectivity index (χ1v) is 8.56. The van der Waals surface area contributed by atoms with Crippen molar-refractivity contribution in [1.82, 2.24) is 4.98 Å². The Balaban J connectivity index is 1.88. The molecule has 0 aliphatic heterocycles. The highest BCUT2D eigenvalue weighted by Gasteiger charge is 2.10. The van der Waals surface area contributed by atoms with Gasteiger partial charge in [0.2, 0.25) is 0 Å². The van der Waals surface area contributed by atoms with E-state index in [2.05, 4.69) is 22.4 Å². The SMILES string of the molecule is COc1ccc(-c2ccccc2NCc2cnc(Cl)s2)cc1OC. The molecule has 1 aromatic heterocycles. The second-order valence-electron chi connectivity index (χ2n) is 5.05. The van der Waals surface area contributed by atoms with Gasteiger partial charge in [0.15, 0.2) is 16.0 Å². The van der Waals surface area contributed by atoms with Crippen LogP contribution in [0.4, 0.5) is 5.69 Å². The van der Waals surface area contributed by atoms with Crippen molar-refractivity contribution in [1.29, 1.82) is 0 Å². The highest BCUT2D eigenvalue weighted by atomic mass is 35.5. The first-order valence-electron chi connectivity index (χ1n) is 7.36. The molecule has 0 radical (unpaired) electrons. The van der Waals surface area contributed by atoms with Crippen molar-refractivity contribution in [3.05, 3.63) is 58.0 Å². The van der Waals surface area contributed by atoms with Gasteiger partial charge in [-0.2, -0.15) is 0 Å². The first-order chi connectivity index (χ1) is 11.7. The Morgan fingerprint density at radius 1 is 1.08 bits per heavy atom. The van der Waals surface area contributed by atoms with E-state index in [0.29, 0.717) is 22.5 Å². The Morgan fingerprint density at radius 2 is 1.88 bits per heavy atom. The summed E-state index contributed by atoms with van der Waals surface area (Å²) in [6, 6.07) is 14.0. The molecule has 3 aromatic rings. The van der Waals surface area contributed by atoms with Crippen LogP contribution >= 0.6 is 22.9 Å². The minimum absolute atomic E-state index is 0.556. The number of benzene rings is 2. The summed E-state index contributed by atoms with van der Waals surface area (Å²) in [5.41, 5.74) is 3.18. The average Bonchev–Trinajstić information content (AvgIpc) is 3.05. The summed E-state index contributed by atoms with van der Waals surface area (Å²) in [7, 11) is 3.27. The van der Waals surface area contributed by atoms with Gasteiger partial charge in [0.1, 0.15) is 0 Å². The van der Waals surface area contributed by atoms with Crippen molar-refractivity contribution >= 4 is 28.6 Å². The van der Waals surface area contributed by atoms with E-state index in [1.54, 1.807) is 20.4 Å². The molecule has 6 heteroatoms. The number of rotatable bonds is 6. The summed E-state index contributed by atoms with van der Waals surface area (Å²) in [5, 5.41) is 3.45. The molecule has 1 heterocycles. The molecule has 0 spiro atoms. The Kier molecular flexibility index (Phi) is 5.23. The predicted octanol–water partition coefficient (Wildman–Crippen LogP) is 5.09. The maximum Gasteiger partial charge on any atom is 0.183 e. The minimum Gasteiger partial charge on any atom is -0.493 e. The van der Waals surface area contributed by atoms with Crippen molar-refractivity contribution in [2.24, 2.45) is 0 Å². The molecule has 0 aliphatic rings. The summed E-state index contributed by atoms with van der Waals surface area (Å²) in [4.78, 5) is 5.15. The lowest BCUT2D eigenvalue weighted by atomic mass is 10.0. The van der Waals surface area contributed by atoms with Gasteiger partial charge in [-0.25, -0.2) is 4.98 Å². The van der Waals surface area contributed by atoms with Gasteiger partial charge >= 0.3 is 0 Å². The van der Waals surface area contributed by atoms with E-state index < -0.39 is 0 Å². The summed E-state index contributed by atoms with van der Waals surface area (Å²) < 4.78 is 11.3. The van der Waals surface area contributed by atoms with E-state index in [-0.39, 0.29) is 0 Å². The van der Waals surface area contributed by atoms with Crippen LogP contribution in [0, 0.1) is 0 Å². The predicted molar refractivity (Wildman–Crippen MR) is 99.4 cm³/mol. The Hall–Kier alpha value is -2.24. The third-order valence-corrected chi connectivity index (χ3v) is 4.71. The van der Waals surface area contributed by atoms with Crippen molar-refractivity contribution < 1.29 is 9.47 Å². The largest absolute Gasteiger partial charge is 0.493 e. The topological polar surface area (TPSA) is 43.4 Å². The summed E-state index contributed by atoms with van der Waals surface area (Å²) in [5.74, 6) is 1.42. The number of methoxy groups -OCH3 is 2. The number of halogens is 1. The molecular formula is C18H17ClN2O2S. The molecule has 0 saturated carbocycles. The van der Waals surface area contributed by atoms with Crippen LogP contribution in [-0.4, -0.2) is 19.2 Å². The highest BCUT2D eigenvalue weighted by molar-refractivity contribution is 7.15. The van der Waals surface area contributed by atoms with Gasteiger partial charge in [-0.1, -0.05) is 35.9 Å². The van der Waals surface area contributed by atoms with Crippen LogP contribution in [0.2, 0.25) is 4.47 Å². The van der Waals surface area contributed by atoms with E-state index in [1.807, 2.05) is 30.3 Å². The van der Waals surface area contributed by atoms with Crippen LogP contribution in [0.1, 0.15) is 4.88 Å². The van der Waals surface area contributed by atoms with Crippen molar-refractivity contribution in [2.75, 3.05) is 19.5 Å². The molecule has 0 fully saturated rings. The van der Waals surface area contributed by atoms with Crippen LogP contribution in [0.3, 0.4) is 0 Å². The molecule has 0 atom stereocenters. The number of anilines is 1. The molecule has 0 saturated heterocycles. The number of aromatic nitrogens is 1. The van der Waals surface area contributed by atoms with Gasteiger partial charge in [0.05, 0.1) is 20.8 Å². The van der Waals surface area contributed by atoms with E-state index in [9.17, 15) is 0 Å². The van der Waals surface area contributed by atoms with Crippen LogP contribution in [0.5, 0.6) is 11.5 Å². The van der Waals surface area contributed by atoms with E-state index in [1.165, 1.54) is 11.3 Å². The number of nitrogens with one attached hydrogen (secondary N) is 1. The molecule has 24 heavy (non-hydrogen) atoms. The van der Waals surface area contributed by atoms with Crippen molar-refractivity contribution in [3.63, 3.8) is 0 Å². The lowest BCUT2D eigenvalue weighted by Crippen LogP contribution is -1.99. The van der Waals surface area contributed by atoms with E-state index >= 15 is 0 Å². The third-order valence-electron chi connectivity index (χ3n) is 3.60. The molecule has 1 N–H and O–H groups in total. The smallest absolute Gasteiger partial charge is 0.183 e. The van der Waals surface area contributed by atoms with Gasteiger partial charge in [0.25, 0.3) is 0 Å².